The molecule has 0 unspecified atom stereocenters. The number of halogens is 1. The molecule has 0 saturated heterocycles. The quantitative estimate of drug-likeness (QED) is 0.864. The Bertz CT molecular complexity index is 817. The molecule has 0 fully saturated rings. The fourth-order valence-corrected chi connectivity index (χ4v) is 3.11. The summed E-state index contributed by atoms with van der Waals surface area (Å²) in [6.45, 7) is -0.644. The Morgan fingerprint density at radius 3 is 2.30 bits per heavy atom. The highest BCUT2D eigenvalue weighted by Gasteiger charge is 2.33. The number of nitrogens with zero attached hydrogens (tertiary/aromatic N) is 1. The van der Waals surface area contributed by atoms with Crippen molar-refractivity contribution >= 4 is 15.7 Å². The van der Waals surface area contributed by atoms with Gasteiger partial charge >= 0.3 is 0 Å². The molecule has 0 spiro atoms. The van der Waals surface area contributed by atoms with Crippen LogP contribution in [0.5, 0.6) is 0 Å². The topological polar surface area (TPSA) is 55.7 Å². The number of benzene rings is 2. The zero-order valence-electron chi connectivity index (χ0n) is 12.5. The lowest BCUT2D eigenvalue weighted by Crippen LogP contribution is -2.16. The van der Waals surface area contributed by atoms with Gasteiger partial charge in [-0.25, -0.2) is 17.8 Å². The van der Waals surface area contributed by atoms with Gasteiger partial charge in [-0.2, -0.15) is 0 Å². The summed E-state index contributed by atoms with van der Waals surface area (Å²) in [7, 11) is -3.26. The van der Waals surface area contributed by atoms with E-state index in [1.807, 2.05) is 30.3 Å². The molecule has 0 N–H and O–H groups in total. The van der Waals surface area contributed by atoms with Gasteiger partial charge in [0.05, 0.1) is 4.90 Å². The molecule has 2 aromatic carbocycles. The van der Waals surface area contributed by atoms with Crippen LogP contribution < -0.4 is 0 Å². The van der Waals surface area contributed by atoms with Crippen molar-refractivity contribution in [3.8, 4) is 0 Å². The summed E-state index contributed by atoms with van der Waals surface area (Å²) in [5.74, 6) is 0.408. The predicted octanol–water partition coefficient (Wildman–Crippen LogP) is 2.95. The van der Waals surface area contributed by atoms with Crippen LogP contribution in [-0.2, 0) is 14.6 Å². The van der Waals surface area contributed by atoms with Gasteiger partial charge in [-0.15, -0.1) is 0 Å². The first kappa shape index (κ1) is 15.7. The molecule has 0 bridgehead atoms. The summed E-state index contributed by atoms with van der Waals surface area (Å²) >= 11 is 0. The van der Waals surface area contributed by atoms with E-state index in [2.05, 4.69) is 4.99 Å². The molecule has 1 aliphatic heterocycles. The van der Waals surface area contributed by atoms with E-state index in [4.69, 9.17) is 4.74 Å². The van der Waals surface area contributed by atoms with Crippen molar-refractivity contribution in [1.29, 1.82) is 0 Å². The number of hydrogen-bond donors (Lipinski definition) is 0. The summed E-state index contributed by atoms with van der Waals surface area (Å²) < 4.78 is 42.1. The maximum absolute atomic E-state index is 13.3. The van der Waals surface area contributed by atoms with E-state index in [9.17, 15) is 12.8 Å². The van der Waals surface area contributed by atoms with Gasteiger partial charge in [0.15, 0.2) is 15.9 Å². The molecule has 2 atom stereocenters. The van der Waals surface area contributed by atoms with Crippen molar-refractivity contribution in [2.45, 2.75) is 17.0 Å². The van der Waals surface area contributed by atoms with E-state index in [0.717, 1.165) is 11.8 Å². The summed E-state index contributed by atoms with van der Waals surface area (Å²) in [4.78, 5) is 4.53. The number of aliphatic imine (C=N–C) groups is 1. The molecule has 1 aliphatic rings. The molecule has 120 valence electrons. The lowest BCUT2D eigenvalue weighted by Gasteiger charge is -2.16. The van der Waals surface area contributed by atoms with Crippen molar-refractivity contribution in [3.63, 3.8) is 0 Å². The van der Waals surface area contributed by atoms with E-state index >= 15 is 0 Å². The van der Waals surface area contributed by atoms with Crippen molar-refractivity contribution in [1.82, 2.24) is 0 Å². The monoisotopic (exact) mass is 333 g/mol. The molecule has 3 rings (SSSR count). The number of ether oxygens (including phenoxy) is 1. The van der Waals surface area contributed by atoms with Gasteiger partial charge in [-0.1, -0.05) is 30.3 Å². The zero-order chi connectivity index (χ0) is 16.4. The average Bonchev–Trinajstić information content (AvgIpc) is 2.99. The fraction of sp³-hybridized carbons (Fsp3) is 0.235. The Kier molecular flexibility index (Phi) is 4.17. The first-order valence-electron chi connectivity index (χ1n) is 7.15. The summed E-state index contributed by atoms with van der Waals surface area (Å²) in [5.41, 5.74) is 1.50. The van der Waals surface area contributed by atoms with Crippen LogP contribution in [0.2, 0.25) is 0 Å². The van der Waals surface area contributed by atoms with Crippen LogP contribution in [-0.4, -0.2) is 33.3 Å². The minimum atomic E-state index is -3.26. The number of alkyl halides is 1. The van der Waals surface area contributed by atoms with Crippen LogP contribution in [0.4, 0.5) is 4.39 Å². The molecule has 0 radical (unpaired) electrons. The van der Waals surface area contributed by atoms with Crippen LogP contribution in [0.1, 0.15) is 17.2 Å². The largest absolute Gasteiger partial charge is 0.467 e. The van der Waals surface area contributed by atoms with Gasteiger partial charge in [0.2, 0.25) is 5.90 Å². The van der Waals surface area contributed by atoms with Gasteiger partial charge in [0, 0.05) is 11.8 Å². The Morgan fingerprint density at radius 2 is 1.74 bits per heavy atom. The van der Waals surface area contributed by atoms with Crippen molar-refractivity contribution in [2.24, 2.45) is 4.99 Å². The van der Waals surface area contributed by atoms with E-state index in [-0.39, 0.29) is 4.90 Å². The van der Waals surface area contributed by atoms with Gasteiger partial charge in [-0.3, -0.25) is 0 Å². The SMILES string of the molecule is CS(=O)(=O)c1ccc([C@H]2OC(c3ccccc3)=N[C@@H]2CF)cc1. The highest BCUT2D eigenvalue weighted by Crippen LogP contribution is 2.32. The molecule has 6 heteroatoms. The Labute approximate surface area is 134 Å². The van der Waals surface area contributed by atoms with Crippen molar-refractivity contribution in [2.75, 3.05) is 12.9 Å². The third-order valence-corrected chi connectivity index (χ3v) is 4.82. The van der Waals surface area contributed by atoms with Crippen molar-refractivity contribution < 1.29 is 17.5 Å². The first-order chi connectivity index (χ1) is 11.0. The maximum atomic E-state index is 13.3. The summed E-state index contributed by atoms with van der Waals surface area (Å²) in [6.07, 6.45) is 0.596. The zero-order valence-corrected chi connectivity index (χ0v) is 13.3. The minimum Gasteiger partial charge on any atom is -0.467 e. The summed E-state index contributed by atoms with van der Waals surface area (Å²) in [5, 5.41) is 0. The second-order valence-electron chi connectivity index (χ2n) is 5.40. The van der Waals surface area contributed by atoms with Gasteiger partial charge in [-0.05, 0) is 29.8 Å². The van der Waals surface area contributed by atoms with Gasteiger partial charge in [0.1, 0.15) is 12.7 Å². The number of sulfone groups is 1. The van der Waals surface area contributed by atoms with Crippen LogP contribution >= 0.6 is 0 Å². The lowest BCUT2D eigenvalue weighted by atomic mass is 10.0. The fourth-order valence-electron chi connectivity index (χ4n) is 2.48. The molecule has 1 heterocycles. The molecule has 2 aromatic rings. The third kappa shape index (κ3) is 3.27. The number of rotatable bonds is 4. The van der Waals surface area contributed by atoms with E-state index < -0.39 is 28.7 Å². The normalized spacial score (nSPS) is 20.9. The standard InChI is InChI=1S/C17H16FNO3S/c1-23(20,21)14-9-7-12(8-10-14)16-15(11-18)19-17(22-16)13-5-3-2-4-6-13/h2-10,15-16H,11H2,1H3/t15-,16-/m1/s1. The molecular formula is C17H16FNO3S. The van der Waals surface area contributed by atoms with Crippen LogP contribution in [0, 0.1) is 0 Å². The minimum absolute atomic E-state index is 0.222. The smallest absolute Gasteiger partial charge is 0.217 e. The predicted molar refractivity (Wildman–Crippen MR) is 86.1 cm³/mol. The molecule has 0 aliphatic carbocycles. The molecule has 0 aromatic heterocycles. The number of hydrogen-bond acceptors (Lipinski definition) is 4. The maximum Gasteiger partial charge on any atom is 0.217 e. The lowest BCUT2D eigenvalue weighted by molar-refractivity contribution is 0.180. The average molecular weight is 333 g/mol. The molecule has 0 saturated carbocycles. The highest BCUT2D eigenvalue weighted by molar-refractivity contribution is 7.90. The van der Waals surface area contributed by atoms with E-state index in [1.165, 1.54) is 12.1 Å². The Balaban J connectivity index is 1.87. The van der Waals surface area contributed by atoms with Crippen LogP contribution in [0.15, 0.2) is 64.5 Å². The van der Waals surface area contributed by atoms with Crippen LogP contribution in [0.25, 0.3) is 0 Å². The molecule has 4 nitrogen and oxygen atoms in total. The van der Waals surface area contributed by atoms with Crippen LogP contribution in [0.3, 0.4) is 0 Å². The Morgan fingerprint density at radius 1 is 1.09 bits per heavy atom. The third-order valence-electron chi connectivity index (χ3n) is 3.69. The first-order valence-corrected chi connectivity index (χ1v) is 9.04. The van der Waals surface area contributed by atoms with E-state index in [0.29, 0.717) is 11.5 Å². The molecule has 23 heavy (non-hydrogen) atoms. The van der Waals surface area contributed by atoms with Gasteiger partial charge < -0.3 is 4.74 Å². The molecule has 0 amide bonds. The molecular weight excluding hydrogens is 317 g/mol. The van der Waals surface area contributed by atoms with Gasteiger partial charge in [0.25, 0.3) is 0 Å². The second kappa shape index (κ2) is 6.12. The Hall–Kier alpha value is -2.21. The summed E-state index contributed by atoms with van der Waals surface area (Å²) in [6, 6.07) is 15.0. The second-order valence-corrected chi connectivity index (χ2v) is 7.42. The highest BCUT2D eigenvalue weighted by atomic mass is 32.2. The van der Waals surface area contributed by atoms with Crippen molar-refractivity contribution in [3.05, 3.63) is 65.7 Å². The van der Waals surface area contributed by atoms with E-state index in [1.54, 1.807) is 12.1 Å².